The summed E-state index contributed by atoms with van der Waals surface area (Å²) >= 11 is 0. The van der Waals surface area contributed by atoms with E-state index in [4.69, 9.17) is 29.4 Å². The van der Waals surface area contributed by atoms with Crippen molar-refractivity contribution >= 4 is 24.1 Å². The lowest BCUT2D eigenvalue weighted by atomic mass is 10.0. The van der Waals surface area contributed by atoms with Gasteiger partial charge in [-0.2, -0.15) is 0 Å². The fraction of sp³-hybridized carbons (Fsp3) is 0.667. The molecule has 0 aromatic heterocycles. The van der Waals surface area contributed by atoms with Gasteiger partial charge in [0.25, 0.3) is 0 Å². The molecular formula is C30H47NO9. The molecule has 3 unspecified atom stereocenters. The number of ether oxygens (including phenoxy) is 5. The van der Waals surface area contributed by atoms with E-state index in [1.165, 1.54) is 12.1 Å². The van der Waals surface area contributed by atoms with Crippen LogP contribution in [0.2, 0.25) is 0 Å². The maximum Gasteiger partial charge on any atom is 0.508 e. The molecule has 40 heavy (non-hydrogen) atoms. The first-order chi connectivity index (χ1) is 18.9. The molecule has 226 valence electrons. The van der Waals surface area contributed by atoms with Gasteiger partial charge >= 0.3 is 24.1 Å². The standard InChI is InChI=1S/C30H47NO9/c1-8-19(4)13-27(32)39-25-12-11-23(16-26(25)40-28(33)14-20(5)9-2)15-24(31)29(34)36-18-22(7)38-30(35)37-17-21(6)10-3/h11-12,16,19-22,24H,8-10,13-15,17-18,31H2,1-7H3/t19?,20?,21?,22-,24-/m0/s1. The minimum atomic E-state index is -1.04. The molecule has 2 N–H and O–H groups in total. The van der Waals surface area contributed by atoms with Gasteiger partial charge < -0.3 is 29.4 Å². The second-order valence-electron chi connectivity index (χ2n) is 10.6. The second-order valence-corrected chi connectivity index (χ2v) is 10.6. The van der Waals surface area contributed by atoms with Crippen LogP contribution in [0.1, 0.15) is 86.1 Å². The summed E-state index contributed by atoms with van der Waals surface area (Å²) < 4.78 is 26.4. The van der Waals surface area contributed by atoms with E-state index in [0.717, 1.165) is 19.3 Å². The topological polar surface area (TPSA) is 140 Å². The number of hydrogen-bond donors (Lipinski definition) is 1. The molecule has 5 atom stereocenters. The van der Waals surface area contributed by atoms with Crippen LogP contribution in [0.3, 0.4) is 0 Å². The highest BCUT2D eigenvalue weighted by Crippen LogP contribution is 2.30. The lowest BCUT2D eigenvalue weighted by Gasteiger charge is -2.17. The Morgan fingerprint density at radius 3 is 1.85 bits per heavy atom. The fourth-order valence-corrected chi connectivity index (χ4v) is 3.23. The van der Waals surface area contributed by atoms with Gasteiger partial charge in [0, 0.05) is 12.8 Å². The van der Waals surface area contributed by atoms with Gasteiger partial charge in [0.15, 0.2) is 11.5 Å². The highest BCUT2D eigenvalue weighted by Gasteiger charge is 2.22. The molecular weight excluding hydrogens is 518 g/mol. The molecule has 0 aliphatic rings. The molecule has 10 heteroatoms. The van der Waals surface area contributed by atoms with E-state index in [-0.39, 0.29) is 61.7 Å². The third-order valence-corrected chi connectivity index (χ3v) is 6.58. The third-order valence-electron chi connectivity index (χ3n) is 6.58. The van der Waals surface area contributed by atoms with Gasteiger partial charge in [-0.1, -0.05) is 66.9 Å². The zero-order valence-corrected chi connectivity index (χ0v) is 25.0. The van der Waals surface area contributed by atoms with Gasteiger partial charge in [-0.25, -0.2) is 4.79 Å². The SMILES string of the molecule is CCC(C)COC(=O)O[C@@H](C)COC(=O)[C@@H](N)Cc1ccc(OC(=O)CC(C)CC)c(OC(=O)CC(C)CC)c1. The number of hydrogen-bond acceptors (Lipinski definition) is 10. The van der Waals surface area contributed by atoms with Gasteiger partial charge in [-0.05, 0) is 48.8 Å². The molecule has 0 aliphatic heterocycles. The van der Waals surface area contributed by atoms with Crippen molar-refractivity contribution in [2.75, 3.05) is 13.2 Å². The Labute approximate surface area is 238 Å². The van der Waals surface area contributed by atoms with Crippen molar-refractivity contribution in [1.82, 2.24) is 0 Å². The quantitative estimate of drug-likeness (QED) is 0.194. The van der Waals surface area contributed by atoms with Gasteiger partial charge in [0.1, 0.15) is 18.8 Å². The molecule has 10 nitrogen and oxygen atoms in total. The van der Waals surface area contributed by atoms with E-state index in [1.807, 2.05) is 41.5 Å². The van der Waals surface area contributed by atoms with Crippen molar-refractivity contribution in [3.8, 4) is 11.5 Å². The molecule has 0 amide bonds. The van der Waals surface area contributed by atoms with Crippen LogP contribution < -0.4 is 15.2 Å². The predicted octanol–water partition coefficient (Wildman–Crippen LogP) is 5.37. The Balaban J connectivity index is 2.82. The summed E-state index contributed by atoms with van der Waals surface area (Å²) in [6.45, 7) is 13.4. The van der Waals surface area contributed by atoms with Crippen LogP contribution in [0.5, 0.6) is 11.5 Å². The zero-order chi connectivity index (χ0) is 30.2. The monoisotopic (exact) mass is 565 g/mol. The van der Waals surface area contributed by atoms with Gasteiger partial charge in [0.2, 0.25) is 0 Å². The number of benzene rings is 1. The second kappa shape index (κ2) is 18.3. The fourth-order valence-electron chi connectivity index (χ4n) is 3.23. The molecule has 0 spiro atoms. The number of rotatable bonds is 17. The van der Waals surface area contributed by atoms with Gasteiger partial charge in [-0.3, -0.25) is 14.4 Å². The molecule has 0 radical (unpaired) electrons. The molecule has 0 heterocycles. The predicted molar refractivity (Wildman–Crippen MR) is 150 cm³/mol. The van der Waals surface area contributed by atoms with Crippen molar-refractivity contribution in [3.63, 3.8) is 0 Å². The maximum atomic E-state index is 12.5. The zero-order valence-electron chi connectivity index (χ0n) is 25.0. The molecule has 0 bridgehead atoms. The van der Waals surface area contributed by atoms with E-state index in [2.05, 4.69) is 0 Å². The molecule has 1 aromatic rings. The van der Waals surface area contributed by atoms with Crippen LogP contribution in [0.15, 0.2) is 18.2 Å². The highest BCUT2D eigenvalue weighted by atomic mass is 16.7. The summed E-state index contributed by atoms with van der Waals surface area (Å²) in [5.74, 6) is -0.873. The first-order valence-electron chi connectivity index (χ1n) is 14.2. The van der Waals surface area contributed by atoms with Crippen molar-refractivity contribution in [2.24, 2.45) is 23.5 Å². The van der Waals surface area contributed by atoms with Crippen molar-refractivity contribution in [1.29, 1.82) is 0 Å². The molecule has 0 fully saturated rings. The molecule has 1 aromatic carbocycles. The smallest absolute Gasteiger partial charge is 0.461 e. The Morgan fingerprint density at radius 2 is 1.30 bits per heavy atom. The normalized spacial score (nSPS) is 14.7. The maximum absolute atomic E-state index is 12.5. The lowest BCUT2D eigenvalue weighted by Crippen LogP contribution is -2.36. The molecule has 0 saturated heterocycles. The summed E-state index contributed by atoms with van der Waals surface area (Å²) in [4.78, 5) is 49.1. The summed E-state index contributed by atoms with van der Waals surface area (Å²) in [5.41, 5.74) is 6.64. The first-order valence-corrected chi connectivity index (χ1v) is 14.2. The van der Waals surface area contributed by atoms with E-state index in [1.54, 1.807) is 13.0 Å². The Morgan fingerprint density at radius 1 is 0.750 bits per heavy atom. The van der Waals surface area contributed by atoms with Crippen molar-refractivity contribution < 1.29 is 42.9 Å². The van der Waals surface area contributed by atoms with Gasteiger partial charge in [-0.15, -0.1) is 0 Å². The Bertz CT molecular complexity index is 964. The van der Waals surface area contributed by atoms with E-state index >= 15 is 0 Å². The minimum Gasteiger partial charge on any atom is -0.461 e. The number of esters is 3. The van der Waals surface area contributed by atoms with E-state index < -0.39 is 36.2 Å². The number of carbonyl (C=O) groups excluding carboxylic acids is 4. The van der Waals surface area contributed by atoms with Crippen molar-refractivity contribution in [3.05, 3.63) is 23.8 Å². The van der Waals surface area contributed by atoms with Crippen molar-refractivity contribution in [2.45, 2.75) is 99.1 Å². The summed E-state index contributed by atoms with van der Waals surface area (Å²) in [7, 11) is 0. The molecule has 0 saturated carbocycles. The average Bonchev–Trinajstić information content (AvgIpc) is 2.91. The van der Waals surface area contributed by atoms with Crippen LogP contribution in [-0.2, 0) is 35.0 Å². The van der Waals surface area contributed by atoms with Crippen LogP contribution in [0, 0.1) is 17.8 Å². The average molecular weight is 566 g/mol. The van der Waals surface area contributed by atoms with Crippen LogP contribution in [0.25, 0.3) is 0 Å². The van der Waals surface area contributed by atoms with Crippen LogP contribution in [-0.4, -0.2) is 49.4 Å². The Kier molecular flexibility index (Phi) is 15.9. The molecule has 0 aliphatic carbocycles. The summed E-state index contributed by atoms with van der Waals surface area (Å²) in [5, 5.41) is 0. The lowest BCUT2D eigenvalue weighted by molar-refractivity contribution is -0.148. The number of carbonyl (C=O) groups is 4. The third kappa shape index (κ3) is 13.8. The summed E-state index contributed by atoms with van der Waals surface area (Å²) in [6, 6.07) is 3.66. The molecule has 1 rings (SSSR count). The first kappa shape index (κ1) is 34.9. The number of nitrogens with two attached hydrogens (primary N) is 1. The van der Waals surface area contributed by atoms with E-state index in [9.17, 15) is 19.2 Å². The van der Waals surface area contributed by atoms with E-state index in [0.29, 0.717) is 5.56 Å². The minimum absolute atomic E-state index is 0.0715. The van der Waals surface area contributed by atoms with Gasteiger partial charge in [0.05, 0.1) is 6.61 Å². The Hall–Kier alpha value is -3.14. The summed E-state index contributed by atoms with van der Waals surface area (Å²) in [6.07, 6.45) is 1.47. The highest BCUT2D eigenvalue weighted by molar-refractivity contribution is 5.77. The van der Waals surface area contributed by atoms with Crippen LogP contribution >= 0.6 is 0 Å². The van der Waals surface area contributed by atoms with Crippen LogP contribution in [0.4, 0.5) is 4.79 Å². The largest absolute Gasteiger partial charge is 0.508 e.